The summed E-state index contributed by atoms with van der Waals surface area (Å²) < 4.78 is 9.04. The van der Waals surface area contributed by atoms with E-state index >= 15 is 0 Å². The maximum Gasteiger partial charge on any atom is 0.176 e. The van der Waals surface area contributed by atoms with Gasteiger partial charge in [0.2, 0.25) is 0 Å². The molecule has 4 aromatic heterocycles. The summed E-state index contributed by atoms with van der Waals surface area (Å²) in [5.41, 5.74) is 17.1. The highest BCUT2D eigenvalue weighted by Crippen LogP contribution is 2.22. The van der Waals surface area contributed by atoms with Gasteiger partial charge in [0, 0.05) is 189 Å². The minimum Gasteiger partial charge on any atom is -1.00 e. The maximum atomic E-state index is 3.56. The third-order valence-electron chi connectivity index (χ3n) is 16.6. The van der Waals surface area contributed by atoms with Gasteiger partial charge in [0.1, 0.15) is 26.2 Å². The smallest absolute Gasteiger partial charge is 0.176 e. The van der Waals surface area contributed by atoms with Crippen molar-refractivity contribution < 1.29 is 86.2 Å². The Bertz CT molecular complexity index is 4320. The minimum atomic E-state index is 0. The van der Waals surface area contributed by atoms with E-state index in [1.807, 2.05) is 0 Å². The first kappa shape index (κ1) is 90.9. The summed E-state index contributed by atoms with van der Waals surface area (Å²) in [7, 11) is 0. The number of hydrogen-bond acceptors (Lipinski definition) is 0. The molecule has 10 rings (SSSR count). The van der Waals surface area contributed by atoms with Crippen LogP contribution < -0.4 is 86.2 Å². The molecule has 6 aromatic carbocycles. The Morgan fingerprint density at radius 1 is 0.204 bits per heavy atom. The molecule has 0 fully saturated rings. The predicted molar refractivity (Wildman–Crippen MR) is 445 cm³/mol. The van der Waals surface area contributed by atoms with Crippen LogP contribution in [0.1, 0.15) is 147 Å². The third-order valence-corrected chi connectivity index (χ3v) is 18.8. The number of nitrogens with zero attached hydrogens (tertiary/aromatic N) is 4. The molecule has 0 unspecified atom stereocenters. The van der Waals surface area contributed by atoms with Gasteiger partial charge in [0.25, 0.3) is 0 Å². The number of benzene rings is 6. The molecule has 0 amide bonds. The first-order valence-electron chi connectivity index (χ1n) is 36.2. The summed E-state index contributed by atoms with van der Waals surface area (Å²) in [6, 6.07) is 67.7. The number of rotatable bonds is 24. The SMILES string of the molecule is BrCCCC#Cc1cc(C#CCCCBr)c(C#CCCCBr)cc1C#CCCCBr.C(#Cc1cc(C#CCCC[n+]2cccc(-c3ccccc3)c2)c(C#CCCC[n+]2cccc(-c3ccccc3)c2)cc1C#CCCC[n+]1cccc(-c2ccccc2)c1)CCC[n+]1cccc(-c2ccccc2)c1.[Br-].[Br-].[Br-].[Br-]. The van der Waals surface area contributed by atoms with Gasteiger partial charge in [-0.15, -0.1) is 0 Å². The first-order valence-corrected chi connectivity index (χ1v) is 40.6. The average Bonchev–Trinajstić information content (AvgIpc) is 0.820. The Morgan fingerprint density at radius 2 is 0.370 bits per heavy atom. The molecule has 0 spiro atoms. The van der Waals surface area contributed by atoms with Crippen LogP contribution in [0.25, 0.3) is 44.5 Å². The zero-order valence-corrected chi connectivity index (χ0v) is 73.6. The topological polar surface area (TPSA) is 15.5 Å². The molecule has 0 saturated carbocycles. The highest BCUT2D eigenvalue weighted by atomic mass is 79.9. The van der Waals surface area contributed by atoms with Gasteiger partial charge in [-0.2, -0.15) is 0 Å². The summed E-state index contributed by atoms with van der Waals surface area (Å²) in [4.78, 5) is 0. The van der Waals surface area contributed by atoms with Crippen LogP contribution in [0.5, 0.6) is 0 Å². The Hall–Kier alpha value is -7.76. The van der Waals surface area contributed by atoms with Crippen molar-refractivity contribution in [3.05, 3.63) is 288 Å². The van der Waals surface area contributed by atoms with Gasteiger partial charge in [0.15, 0.2) is 49.6 Å². The fourth-order valence-corrected chi connectivity index (χ4v) is 12.3. The highest BCUT2D eigenvalue weighted by Gasteiger charge is 2.12. The van der Waals surface area contributed by atoms with Gasteiger partial charge in [-0.3, -0.25) is 0 Å². The molecule has 548 valence electrons. The standard InChI is InChI=1S/C70H62N4.C26H26Br4.4BrH/c1-9-29-59(30-10-1)67-41-25-49-71(55-67)45-21-5-17-37-63-53-65(39-19-7-23-47-73-51-27-43-69(57-73)61-33-13-3-14-34-61)66(40-20-8-24-48-74-52-28-44-70(58-74)62-35-15-4-16-36-62)54-64(63)38-18-6-22-46-72-50-26-42-68(56-72)60-31-11-2-12-32-60;27-17-9-1-5-13-23-21-25(15-7-3-11-19-29)26(16-8-4-12-20-30)22-24(23)14-6-2-10-18-28;;;;/h1-4,9-16,25-36,41-44,49-58H,5-8,21-24,45-48H2;21-22H,1-4,9-12,17-20H2;4*1H/q+4;;;;;/p-4. The number of unbranched alkanes of at least 4 members (excludes halogenated alkanes) is 8. The van der Waals surface area contributed by atoms with Crippen LogP contribution >= 0.6 is 63.7 Å². The first-order chi connectivity index (χ1) is 51.5. The van der Waals surface area contributed by atoms with Gasteiger partial charge >= 0.3 is 0 Å². The Kier molecular flexibility index (Phi) is 46.1. The van der Waals surface area contributed by atoms with Gasteiger partial charge < -0.3 is 67.9 Å². The van der Waals surface area contributed by atoms with Crippen LogP contribution in [-0.4, -0.2) is 21.3 Å². The van der Waals surface area contributed by atoms with E-state index in [1.54, 1.807) is 0 Å². The van der Waals surface area contributed by atoms with Crippen LogP contribution in [0, 0.1) is 94.7 Å². The van der Waals surface area contributed by atoms with Gasteiger partial charge in [0.05, 0.1) is 0 Å². The van der Waals surface area contributed by atoms with Crippen molar-refractivity contribution in [3.8, 4) is 139 Å². The predicted octanol–water partition coefficient (Wildman–Crippen LogP) is 8.64. The second-order valence-electron chi connectivity index (χ2n) is 24.7. The molecule has 0 bridgehead atoms. The Morgan fingerprint density at radius 3 is 0.546 bits per heavy atom. The van der Waals surface area contributed by atoms with E-state index in [1.165, 1.54) is 44.5 Å². The molecule has 10 aromatic rings. The molecule has 0 atom stereocenters. The van der Waals surface area contributed by atoms with Gasteiger partial charge in [-0.1, -0.05) is 280 Å². The fraction of sp³-hybridized carbons (Fsp3) is 0.250. The van der Waals surface area contributed by atoms with E-state index in [0.29, 0.717) is 0 Å². The minimum absolute atomic E-state index is 0. The van der Waals surface area contributed by atoms with Gasteiger partial charge in [-0.05, 0) is 96.5 Å². The average molecular weight is 1940 g/mol. The monoisotopic (exact) mass is 1930 g/mol. The fourth-order valence-electron chi connectivity index (χ4n) is 11.2. The number of pyridine rings is 4. The summed E-state index contributed by atoms with van der Waals surface area (Å²) in [6.45, 7) is 3.52. The summed E-state index contributed by atoms with van der Waals surface area (Å²) in [5.74, 6) is 54.7. The lowest BCUT2D eigenvalue weighted by atomic mass is 9.98. The number of alkyl halides is 4. The molecule has 0 aliphatic heterocycles. The number of aryl methyl sites for hydroxylation is 4. The van der Waals surface area contributed by atoms with Crippen molar-refractivity contribution in [1.82, 2.24) is 0 Å². The second-order valence-corrected chi connectivity index (χ2v) is 27.8. The quantitative estimate of drug-likeness (QED) is 0.0250. The molecule has 4 nitrogen and oxygen atoms in total. The van der Waals surface area contributed by atoms with E-state index in [4.69, 9.17) is 0 Å². The van der Waals surface area contributed by atoms with Crippen LogP contribution in [0.3, 0.4) is 0 Å². The molecule has 4 heterocycles. The van der Waals surface area contributed by atoms with E-state index in [0.717, 1.165) is 195 Å². The number of aromatic nitrogens is 4. The normalized spacial score (nSPS) is 9.67. The molecule has 0 saturated heterocycles. The molecular weight excluding hydrogens is 1850 g/mol. The number of hydrogen-bond donors (Lipinski definition) is 0. The van der Waals surface area contributed by atoms with Crippen LogP contribution in [0.4, 0.5) is 0 Å². The Balaban J connectivity index is 0.000000522. The summed E-state index contributed by atoms with van der Waals surface area (Å²) in [6.07, 6.45) is 31.8. The van der Waals surface area contributed by atoms with Gasteiger partial charge in [-0.25, -0.2) is 18.3 Å². The summed E-state index contributed by atoms with van der Waals surface area (Å²) in [5, 5.41) is 3.87. The van der Waals surface area contributed by atoms with Crippen molar-refractivity contribution in [1.29, 1.82) is 0 Å². The third kappa shape index (κ3) is 32.8. The molecule has 0 N–H and O–H groups in total. The molecule has 0 radical (unpaired) electrons. The highest BCUT2D eigenvalue weighted by molar-refractivity contribution is 9.09. The molecule has 12 heteroatoms. The second kappa shape index (κ2) is 54.8. The largest absolute Gasteiger partial charge is 1.00 e. The molecular formula is C96H88Br8N4. The molecule has 0 aliphatic carbocycles. The van der Waals surface area contributed by atoms with E-state index < -0.39 is 0 Å². The van der Waals surface area contributed by atoms with E-state index in [-0.39, 0.29) is 67.9 Å². The van der Waals surface area contributed by atoms with Crippen molar-refractivity contribution in [2.45, 2.75) is 129 Å². The van der Waals surface area contributed by atoms with E-state index in [2.05, 4.69) is 420 Å². The van der Waals surface area contributed by atoms with E-state index in [9.17, 15) is 0 Å². The van der Waals surface area contributed by atoms with Crippen LogP contribution in [0.2, 0.25) is 0 Å². The lowest BCUT2D eigenvalue weighted by molar-refractivity contribution is -0.696. The van der Waals surface area contributed by atoms with Crippen LogP contribution in [0.15, 0.2) is 244 Å². The van der Waals surface area contributed by atoms with Crippen molar-refractivity contribution >= 4 is 63.7 Å². The Labute approximate surface area is 720 Å². The lowest BCUT2D eigenvalue weighted by Crippen LogP contribution is -3.00. The van der Waals surface area contributed by atoms with Crippen molar-refractivity contribution in [2.24, 2.45) is 0 Å². The zero-order chi connectivity index (χ0) is 72.1. The zero-order valence-electron chi connectivity index (χ0n) is 60.9. The van der Waals surface area contributed by atoms with Crippen LogP contribution in [-0.2, 0) is 26.2 Å². The lowest BCUT2D eigenvalue weighted by Gasteiger charge is -2.04. The molecule has 0 aliphatic rings. The molecule has 108 heavy (non-hydrogen) atoms. The maximum absolute atomic E-state index is 3.56. The van der Waals surface area contributed by atoms with Crippen molar-refractivity contribution in [3.63, 3.8) is 0 Å². The number of halogens is 8. The summed E-state index contributed by atoms with van der Waals surface area (Å²) >= 11 is 13.9. The van der Waals surface area contributed by atoms with Crippen molar-refractivity contribution in [2.75, 3.05) is 21.3 Å².